The Hall–Kier alpha value is -1.47. The van der Waals surface area contributed by atoms with Crippen LogP contribution < -0.4 is 5.73 Å². The second-order valence-electron chi connectivity index (χ2n) is 3.93. The van der Waals surface area contributed by atoms with Crippen LogP contribution in [-0.4, -0.2) is 25.2 Å². The predicted octanol–water partition coefficient (Wildman–Crippen LogP) is 1.01. The number of hydrogen-bond acceptors (Lipinski definition) is 6. The summed E-state index contributed by atoms with van der Waals surface area (Å²) in [5.74, 6) is 0. The monoisotopic (exact) mass is 248 g/mol. The van der Waals surface area contributed by atoms with E-state index >= 15 is 0 Å². The van der Waals surface area contributed by atoms with Gasteiger partial charge < -0.3 is 5.73 Å². The standard InChI is InChI=1S/C10H12N6S/c11-6-7-5-9(3-4-12-7)17-10-13-14-15-16(10)8-1-2-8/h3-5,8H,1-2,6,11H2. The van der Waals surface area contributed by atoms with Crippen molar-refractivity contribution in [1.29, 1.82) is 0 Å². The Morgan fingerprint density at radius 2 is 2.35 bits per heavy atom. The number of aromatic nitrogens is 5. The molecule has 2 aromatic heterocycles. The van der Waals surface area contributed by atoms with Crippen molar-refractivity contribution in [2.75, 3.05) is 0 Å². The smallest absolute Gasteiger partial charge is 0.214 e. The quantitative estimate of drug-likeness (QED) is 0.869. The van der Waals surface area contributed by atoms with Crippen LogP contribution in [-0.2, 0) is 6.54 Å². The Balaban J connectivity index is 1.83. The van der Waals surface area contributed by atoms with Crippen LogP contribution >= 0.6 is 11.8 Å². The molecule has 2 heterocycles. The van der Waals surface area contributed by atoms with Crippen molar-refractivity contribution in [3.63, 3.8) is 0 Å². The summed E-state index contributed by atoms with van der Waals surface area (Å²) >= 11 is 1.55. The zero-order chi connectivity index (χ0) is 11.7. The van der Waals surface area contributed by atoms with Gasteiger partial charge in [-0.1, -0.05) is 0 Å². The van der Waals surface area contributed by atoms with E-state index in [0.717, 1.165) is 15.7 Å². The van der Waals surface area contributed by atoms with Crippen molar-refractivity contribution in [3.05, 3.63) is 24.0 Å². The minimum Gasteiger partial charge on any atom is -0.325 e. The van der Waals surface area contributed by atoms with E-state index in [1.165, 1.54) is 12.8 Å². The van der Waals surface area contributed by atoms with Crippen molar-refractivity contribution in [3.8, 4) is 0 Å². The molecule has 0 atom stereocenters. The van der Waals surface area contributed by atoms with Crippen LogP contribution in [0.25, 0.3) is 0 Å². The van der Waals surface area contributed by atoms with Gasteiger partial charge in [0, 0.05) is 17.6 Å². The van der Waals surface area contributed by atoms with Crippen LogP contribution in [0.1, 0.15) is 24.6 Å². The Kier molecular flexibility index (Phi) is 2.77. The highest BCUT2D eigenvalue weighted by atomic mass is 32.2. The first-order chi connectivity index (χ1) is 8.36. The Morgan fingerprint density at radius 1 is 1.47 bits per heavy atom. The molecule has 1 fully saturated rings. The van der Waals surface area contributed by atoms with Gasteiger partial charge in [-0.05, 0) is 47.2 Å². The minimum atomic E-state index is 0.446. The SMILES string of the molecule is NCc1cc(Sc2nnnn2C2CC2)ccn1. The molecule has 0 radical (unpaired) electrons. The number of nitrogens with zero attached hydrogens (tertiary/aromatic N) is 5. The Bertz CT molecular complexity index is 521. The molecule has 0 amide bonds. The predicted molar refractivity (Wildman–Crippen MR) is 62.3 cm³/mol. The third kappa shape index (κ3) is 2.29. The molecule has 2 aromatic rings. The highest BCUT2D eigenvalue weighted by molar-refractivity contribution is 7.99. The van der Waals surface area contributed by atoms with Gasteiger partial charge in [0.15, 0.2) is 0 Å². The number of hydrogen-bond donors (Lipinski definition) is 1. The van der Waals surface area contributed by atoms with Crippen molar-refractivity contribution in [2.24, 2.45) is 5.73 Å². The summed E-state index contributed by atoms with van der Waals surface area (Å²) in [5, 5.41) is 12.6. The van der Waals surface area contributed by atoms with Gasteiger partial charge in [0.25, 0.3) is 0 Å². The largest absolute Gasteiger partial charge is 0.325 e. The van der Waals surface area contributed by atoms with Gasteiger partial charge in [0.2, 0.25) is 5.16 Å². The zero-order valence-electron chi connectivity index (χ0n) is 9.15. The third-order valence-electron chi connectivity index (χ3n) is 2.56. The molecule has 0 aliphatic heterocycles. The minimum absolute atomic E-state index is 0.446. The molecule has 1 aliphatic rings. The lowest BCUT2D eigenvalue weighted by Gasteiger charge is -2.03. The van der Waals surface area contributed by atoms with Crippen LogP contribution in [0.4, 0.5) is 0 Å². The van der Waals surface area contributed by atoms with E-state index in [9.17, 15) is 0 Å². The molecule has 17 heavy (non-hydrogen) atoms. The molecule has 6 nitrogen and oxygen atoms in total. The summed E-state index contributed by atoms with van der Waals surface area (Å²) < 4.78 is 1.90. The van der Waals surface area contributed by atoms with E-state index in [1.54, 1.807) is 18.0 Å². The maximum Gasteiger partial charge on any atom is 0.214 e. The molecule has 1 aliphatic carbocycles. The van der Waals surface area contributed by atoms with Gasteiger partial charge in [-0.15, -0.1) is 5.10 Å². The van der Waals surface area contributed by atoms with Crippen molar-refractivity contribution < 1.29 is 0 Å². The van der Waals surface area contributed by atoms with Crippen LogP contribution in [0, 0.1) is 0 Å². The fourth-order valence-electron chi connectivity index (χ4n) is 1.54. The van der Waals surface area contributed by atoms with Gasteiger partial charge in [-0.25, -0.2) is 4.68 Å². The number of nitrogens with two attached hydrogens (primary N) is 1. The summed E-state index contributed by atoms with van der Waals surface area (Å²) in [5.41, 5.74) is 6.44. The molecule has 88 valence electrons. The van der Waals surface area contributed by atoms with Crippen molar-refractivity contribution >= 4 is 11.8 Å². The maximum atomic E-state index is 5.56. The van der Waals surface area contributed by atoms with Gasteiger partial charge in [-0.2, -0.15) is 0 Å². The van der Waals surface area contributed by atoms with Gasteiger partial charge in [0.05, 0.1) is 11.7 Å². The molecular formula is C10H12N6S. The van der Waals surface area contributed by atoms with E-state index in [1.807, 2.05) is 16.8 Å². The lowest BCUT2D eigenvalue weighted by atomic mass is 10.3. The first kappa shape index (κ1) is 10.7. The second-order valence-corrected chi connectivity index (χ2v) is 4.97. The lowest BCUT2D eigenvalue weighted by Crippen LogP contribution is -2.00. The number of tetrazole rings is 1. The number of pyridine rings is 1. The van der Waals surface area contributed by atoms with Gasteiger partial charge in [-0.3, -0.25) is 4.98 Å². The maximum absolute atomic E-state index is 5.56. The topological polar surface area (TPSA) is 82.5 Å². The average Bonchev–Trinajstić information content (AvgIpc) is 3.11. The summed E-state index contributed by atoms with van der Waals surface area (Å²) in [4.78, 5) is 5.23. The fraction of sp³-hybridized carbons (Fsp3) is 0.400. The highest BCUT2D eigenvalue weighted by Crippen LogP contribution is 2.37. The van der Waals surface area contributed by atoms with Crippen LogP contribution in [0.15, 0.2) is 28.4 Å². The number of rotatable bonds is 4. The molecule has 0 spiro atoms. The zero-order valence-corrected chi connectivity index (χ0v) is 9.97. The molecule has 0 saturated heterocycles. The molecule has 1 saturated carbocycles. The molecule has 7 heteroatoms. The summed E-state index contributed by atoms with van der Waals surface area (Å²) in [6.07, 6.45) is 4.10. The molecule has 2 N–H and O–H groups in total. The lowest BCUT2D eigenvalue weighted by molar-refractivity contribution is 0.565. The summed E-state index contributed by atoms with van der Waals surface area (Å²) in [7, 11) is 0. The fourth-order valence-corrected chi connectivity index (χ4v) is 2.43. The third-order valence-corrected chi connectivity index (χ3v) is 3.50. The summed E-state index contributed by atoms with van der Waals surface area (Å²) in [6.45, 7) is 0.446. The highest BCUT2D eigenvalue weighted by Gasteiger charge is 2.28. The van der Waals surface area contributed by atoms with Gasteiger partial charge in [0.1, 0.15) is 0 Å². The summed E-state index contributed by atoms with van der Waals surface area (Å²) in [6, 6.07) is 4.40. The average molecular weight is 248 g/mol. The van der Waals surface area contributed by atoms with E-state index in [2.05, 4.69) is 20.5 Å². The molecule has 0 unspecified atom stereocenters. The van der Waals surface area contributed by atoms with Crippen LogP contribution in [0.5, 0.6) is 0 Å². The van der Waals surface area contributed by atoms with E-state index in [-0.39, 0.29) is 0 Å². The van der Waals surface area contributed by atoms with Crippen LogP contribution in [0.2, 0.25) is 0 Å². The van der Waals surface area contributed by atoms with Crippen LogP contribution in [0.3, 0.4) is 0 Å². The van der Waals surface area contributed by atoms with Crippen molar-refractivity contribution in [2.45, 2.75) is 35.5 Å². The van der Waals surface area contributed by atoms with E-state index < -0.39 is 0 Å². The first-order valence-corrected chi connectivity index (χ1v) is 6.29. The molecule has 0 bridgehead atoms. The Morgan fingerprint density at radius 3 is 3.12 bits per heavy atom. The van der Waals surface area contributed by atoms with Gasteiger partial charge >= 0.3 is 0 Å². The Labute approximate surface area is 103 Å². The van der Waals surface area contributed by atoms with E-state index in [0.29, 0.717) is 12.6 Å². The van der Waals surface area contributed by atoms with Crippen molar-refractivity contribution in [1.82, 2.24) is 25.2 Å². The first-order valence-electron chi connectivity index (χ1n) is 5.47. The molecule has 0 aromatic carbocycles. The second kappa shape index (κ2) is 4.42. The molecular weight excluding hydrogens is 236 g/mol. The normalized spacial score (nSPS) is 15.1. The van der Waals surface area contributed by atoms with E-state index in [4.69, 9.17) is 5.73 Å². The molecule has 3 rings (SSSR count).